The van der Waals surface area contributed by atoms with Gasteiger partial charge in [0.15, 0.2) is 0 Å². The summed E-state index contributed by atoms with van der Waals surface area (Å²) < 4.78 is 0. The van der Waals surface area contributed by atoms with Crippen molar-refractivity contribution in [1.82, 2.24) is 14.9 Å². The molecule has 1 aromatic heterocycles. The Morgan fingerprint density at radius 3 is 2.74 bits per heavy atom. The van der Waals surface area contributed by atoms with Crippen molar-refractivity contribution in [3.63, 3.8) is 0 Å². The summed E-state index contributed by atoms with van der Waals surface area (Å²) in [6, 6.07) is 6.82. The van der Waals surface area contributed by atoms with Crippen molar-refractivity contribution >= 4 is 16.9 Å². The lowest BCUT2D eigenvalue weighted by molar-refractivity contribution is -0.138. The van der Waals surface area contributed by atoms with E-state index >= 15 is 0 Å². The summed E-state index contributed by atoms with van der Waals surface area (Å²) in [6.07, 6.45) is 11.7. The predicted molar refractivity (Wildman–Crippen MR) is 124 cm³/mol. The second-order valence-electron chi connectivity index (χ2n) is 11.4. The number of nitrogens with zero attached hydrogens (tertiary/aromatic N) is 2. The number of likely N-dealkylation sites (N-methyl/N-ethyl adjacent to an activating group) is 1. The van der Waals surface area contributed by atoms with Crippen molar-refractivity contribution in [2.45, 2.75) is 71.3 Å². The Morgan fingerprint density at radius 1 is 1.10 bits per heavy atom. The Balaban J connectivity index is 1.34. The van der Waals surface area contributed by atoms with Gasteiger partial charge in [-0.05, 0) is 86.3 Å². The van der Waals surface area contributed by atoms with Gasteiger partial charge < -0.3 is 9.88 Å². The number of imidazole rings is 1. The third kappa shape index (κ3) is 2.54. The van der Waals surface area contributed by atoms with Gasteiger partial charge in [-0.25, -0.2) is 4.98 Å². The number of carbonyl (C=O) groups is 1. The van der Waals surface area contributed by atoms with Gasteiger partial charge in [0.05, 0.1) is 11.0 Å². The number of carbonyl (C=O) groups excluding carboxylic acids is 1. The minimum absolute atomic E-state index is 0.126. The molecule has 6 rings (SSSR count). The van der Waals surface area contributed by atoms with E-state index in [1.165, 1.54) is 49.0 Å². The zero-order valence-corrected chi connectivity index (χ0v) is 19.3. The Bertz CT molecular complexity index is 1090. The van der Waals surface area contributed by atoms with E-state index in [0.29, 0.717) is 23.3 Å². The van der Waals surface area contributed by atoms with Crippen LogP contribution >= 0.6 is 0 Å². The molecule has 3 aliphatic carbocycles. The highest BCUT2D eigenvalue weighted by atomic mass is 16.2. The molecule has 164 valence electrons. The van der Waals surface area contributed by atoms with Gasteiger partial charge in [-0.15, -0.1) is 0 Å². The first-order chi connectivity index (χ1) is 14.8. The molecule has 2 heterocycles. The Labute approximate surface area is 185 Å². The molecule has 0 spiro atoms. The van der Waals surface area contributed by atoms with Crippen LogP contribution in [0.4, 0.5) is 0 Å². The fraction of sp³-hybridized carbons (Fsp3) is 0.630. The van der Waals surface area contributed by atoms with Gasteiger partial charge in [0.1, 0.15) is 5.82 Å². The van der Waals surface area contributed by atoms with Crippen molar-refractivity contribution in [3.8, 4) is 0 Å². The highest BCUT2D eigenvalue weighted by Crippen LogP contribution is 2.67. The Kier molecular flexibility index (Phi) is 4.08. The molecular weight excluding hydrogens is 382 g/mol. The van der Waals surface area contributed by atoms with Gasteiger partial charge in [0.2, 0.25) is 5.91 Å². The number of H-pyrrole nitrogens is 1. The van der Waals surface area contributed by atoms with Crippen molar-refractivity contribution < 1.29 is 4.79 Å². The van der Waals surface area contributed by atoms with E-state index in [1.807, 2.05) is 18.0 Å². The molecule has 0 radical (unpaired) electrons. The van der Waals surface area contributed by atoms with Crippen LogP contribution < -0.4 is 0 Å². The standard InChI is InChI=1S/C27H35N3O/c1-16-6-5-7-21-24(16)29-25(28-21)20-10-9-18-17-8-11-22-27(3,15-13-23(31)30(22)4)19(17)12-14-26(18,20)2/h5-7,13,15,17-20,22H,8-12,14H2,1-4H3,(H,28,29)/t17-,18-,19-,20+,22+,26-,27+/m0/s1. The van der Waals surface area contributed by atoms with Crippen LogP contribution in [0.3, 0.4) is 0 Å². The monoisotopic (exact) mass is 417 g/mol. The lowest BCUT2D eigenvalue weighted by Crippen LogP contribution is -2.59. The van der Waals surface area contributed by atoms with Gasteiger partial charge in [-0.2, -0.15) is 0 Å². The number of para-hydroxylation sites is 1. The van der Waals surface area contributed by atoms with E-state index < -0.39 is 0 Å². The molecule has 1 aromatic carbocycles. The van der Waals surface area contributed by atoms with Crippen LogP contribution in [-0.4, -0.2) is 33.9 Å². The second-order valence-corrected chi connectivity index (χ2v) is 11.4. The SMILES string of the molecule is Cc1cccc2[nH]c([C@H]3CC[C@H]4[C@@H]5CC[C@H]6N(C)C(=O)C=C[C@]6(C)[C@H]5CC[C@]34C)nc12. The highest BCUT2D eigenvalue weighted by molar-refractivity contribution is 5.89. The van der Waals surface area contributed by atoms with Crippen LogP contribution in [0.1, 0.15) is 69.7 Å². The number of benzene rings is 1. The van der Waals surface area contributed by atoms with E-state index in [2.05, 4.69) is 50.0 Å². The summed E-state index contributed by atoms with van der Waals surface area (Å²) in [5.41, 5.74) is 4.04. The van der Waals surface area contributed by atoms with Crippen molar-refractivity contribution in [3.05, 3.63) is 41.7 Å². The molecule has 2 aromatic rings. The maximum atomic E-state index is 12.3. The van der Waals surface area contributed by atoms with Gasteiger partial charge in [-0.1, -0.05) is 32.1 Å². The van der Waals surface area contributed by atoms with E-state index in [4.69, 9.17) is 4.98 Å². The molecule has 4 heteroatoms. The molecular formula is C27H35N3O. The van der Waals surface area contributed by atoms with Crippen LogP contribution in [0.15, 0.2) is 30.4 Å². The van der Waals surface area contributed by atoms with Crippen molar-refractivity contribution in [1.29, 1.82) is 0 Å². The average Bonchev–Trinajstić information content (AvgIpc) is 3.32. The molecule has 0 unspecified atom stereocenters. The number of amides is 1. The number of rotatable bonds is 1. The molecule has 3 saturated carbocycles. The predicted octanol–water partition coefficient (Wildman–Crippen LogP) is 5.59. The molecule has 1 aliphatic heterocycles. The van der Waals surface area contributed by atoms with Gasteiger partial charge in [-0.3, -0.25) is 4.79 Å². The minimum Gasteiger partial charge on any atom is -0.342 e. The van der Waals surface area contributed by atoms with E-state index in [-0.39, 0.29) is 11.3 Å². The summed E-state index contributed by atoms with van der Waals surface area (Å²) >= 11 is 0. The first-order valence-corrected chi connectivity index (χ1v) is 12.2. The molecule has 1 amide bonds. The van der Waals surface area contributed by atoms with Gasteiger partial charge >= 0.3 is 0 Å². The number of hydrogen-bond acceptors (Lipinski definition) is 2. The van der Waals surface area contributed by atoms with Crippen molar-refractivity contribution in [2.24, 2.45) is 28.6 Å². The largest absolute Gasteiger partial charge is 0.342 e. The lowest BCUT2D eigenvalue weighted by Gasteiger charge is -2.60. The van der Waals surface area contributed by atoms with Gasteiger partial charge in [0, 0.05) is 24.4 Å². The number of aromatic amines is 1. The maximum Gasteiger partial charge on any atom is 0.246 e. The van der Waals surface area contributed by atoms with Crippen LogP contribution in [0.25, 0.3) is 11.0 Å². The summed E-state index contributed by atoms with van der Waals surface area (Å²) in [5.74, 6) is 4.15. The molecule has 1 N–H and O–H groups in total. The smallest absolute Gasteiger partial charge is 0.246 e. The first-order valence-electron chi connectivity index (χ1n) is 12.2. The van der Waals surface area contributed by atoms with Crippen LogP contribution in [0, 0.1) is 35.5 Å². The third-order valence-corrected chi connectivity index (χ3v) is 10.2. The van der Waals surface area contributed by atoms with E-state index in [9.17, 15) is 4.79 Å². The molecule has 7 atom stereocenters. The van der Waals surface area contributed by atoms with Gasteiger partial charge in [0.25, 0.3) is 0 Å². The lowest BCUT2D eigenvalue weighted by atomic mass is 9.47. The number of nitrogens with one attached hydrogen (secondary N) is 1. The normalized spacial score (nSPS) is 41.9. The topological polar surface area (TPSA) is 49.0 Å². The third-order valence-electron chi connectivity index (χ3n) is 10.2. The maximum absolute atomic E-state index is 12.3. The number of hydrogen-bond donors (Lipinski definition) is 1. The molecule has 3 fully saturated rings. The summed E-state index contributed by atoms with van der Waals surface area (Å²) in [6.45, 7) is 7.16. The fourth-order valence-electron chi connectivity index (χ4n) is 8.55. The molecule has 0 saturated heterocycles. The molecule has 31 heavy (non-hydrogen) atoms. The molecule has 4 nitrogen and oxygen atoms in total. The fourth-order valence-corrected chi connectivity index (χ4v) is 8.55. The number of aryl methyl sites for hydroxylation is 1. The summed E-state index contributed by atoms with van der Waals surface area (Å²) in [7, 11) is 2.01. The Hall–Kier alpha value is -2.10. The average molecular weight is 418 g/mol. The van der Waals surface area contributed by atoms with E-state index in [1.54, 1.807) is 0 Å². The minimum atomic E-state index is 0.126. The molecule has 0 bridgehead atoms. The zero-order valence-electron chi connectivity index (χ0n) is 19.3. The number of fused-ring (bicyclic) bond motifs is 6. The summed E-state index contributed by atoms with van der Waals surface area (Å²) in [4.78, 5) is 23.2. The molecule has 4 aliphatic rings. The van der Waals surface area contributed by atoms with Crippen LogP contribution in [0.5, 0.6) is 0 Å². The first kappa shape index (κ1) is 19.6. The van der Waals surface area contributed by atoms with E-state index in [0.717, 1.165) is 23.8 Å². The van der Waals surface area contributed by atoms with Crippen LogP contribution in [0.2, 0.25) is 0 Å². The Morgan fingerprint density at radius 2 is 1.94 bits per heavy atom. The van der Waals surface area contributed by atoms with Crippen molar-refractivity contribution in [2.75, 3.05) is 7.05 Å². The zero-order chi connectivity index (χ0) is 21.5. The second kappa shape index (κ2) is 6.46. The highest BCUT2D eigenvalue weighted by Gasteiger charge is 2.60. The quantitative estimate of drug-likeness (QED) is 0.657. The number of aromatic nitrogens is 2. The van der Waals surface area contributed by atoms with Crippen LogP contribution in [-0.2, 0) is 4.79 Å². The summed E-state index contributed by atoms with van der Waals surface area (Å²) in [5, 5.41) is 0.